The maximum Gasteiger partial charge on any atom is 0.346 e. The third-order valence-corrected chi connectivity index (χ3v) is 2.57. The lowest BCUT2D eigenvalue weighted by Crippen LogP contribution is -2.01. The van der Waals surface area contributed by atoms with Crippen LogP contribution in [0.25, 0.3) is 6.08 Å². The van der Waals surface area contributed by atoms with Gasteiger partial charge in [-0.2, -0.15) is 5.26 Å². The van der Waals surface area contributed by atoms with Gasteiger partial charge >= 0.3 is 5.97 Å². The Hall–Kier alpha value is -2.48. The van der Waals surface area contributed by atoms with Crippen molar-refractivity contribution in [2.45, 2.75) is 26.7 Å². The molecule has 0 fully saturated rings. The molecule has 1 N–H and O–H groups in total. The van der Waals surface area contributed by atoms with E-state index in [0.29, 0.717) is 30.3 Å². The second kappa shape index (κ2) is 8.64. The Labute approximate surface area is 124 Å². The van der Waals surface area contributed by atoms with Crippen LogP contribution in [0.3, 0.4) is 0 Å². The van der Waals surface area contributed by atoms with Crippen LogP contribution in [0.2, 0.25) is 0 Å². The summed E-state index contributed by atoms with van der Waals surface area (Å²) in [6.45, 7) is 5.09. The molecule has 0 amide bonds. The van der Waals surface area contributed by atoms with Gasteiger partial charge in [-0.15, -0.1) is 0 Å². The van der Waals surface area contributed by atoms with E-state index >= 15 is 0 Å². The van der Waals surface area contributed by atoms with E-state index < -0.39 is 5.97 Å². The maximum absolute atomic E-state index is 10.9. The molecule has 1 aromatic rings. The predicted molar refractivity (Wildman–Crippen MR) is 79.2 cm³/mol. The molecule has 0 spiro atoms. The van der Waals surface area contributed by atoms with Crippen molar-refractivity contribution in [2.24, 2.45) is 0 Å². The summed E-state index contributed by atoms with van der Waals surface area (Å²) in [5.41, 5.74) is 0.213. The van der Waals surface area contributed by atoms with Gasteiger partial charge in [-0.3, -0.25) is 0 Å². The van der Waals surface area contributed by atoms with Crippen molar-refractivity contribution in [3.63, 3.8) is 0 Å². The SMILES string of the molecule is CCCOc1ccc(/C=C(\C#N)C(=O)O)c(OCCC)c1. The van der Waals surface area contributed by atoms with Crippen LogP contribution < -0.4 is 9.47 Å². The molecule has 0 aliphatic rings. The quantitative estimate of drug-likeness (QED) is 0.587. The molecule has 0 aliphatic heterocycles. The minimum absolute atomic E-state index is 0.335. The Morgan fingerprint density at radius 3 is 2.52 bits per heavy atom. The normalized spacial score (nSPS) is 10.8. The number of nitriles is 1. The summed E-state index contributed by atoms with van der Waals surface area (Å²) in [6, 6.07) is 6.80. The minimum Gasteiger partial charge on any atom is -0.493 e. The molecule has 0 saturated carbocycles. The molecule has 21 heavy (non-hydrogen) atoms. The molecule has 0 unspecified atom stereocenters. The largest absolute Gasteiger partial charge is 0.493 e. The highest BCUT2D eigenvalue weighted by Crippen LogP contribution is 2.27. The van der Waals surface area contributed by atoms with Crippen molar-refractivity contribution in [1.29, 1.82) is 5.26 Å². The van der Waals surface area contributed by atoms with E-state index in [9.17, 15) is 4.79 Å². The zero-order valence-corrected chi connectivity index (χ0v) is 12.3. The van der Waals surface area contributed by atoms with Crippen LogP contribution in [0.1, 0.15) is 32.3 Å². The fourth-order valence-corrected chi connectivity index (χ4v) is 1.58. The van der Waals surface area contributed by atoms with Gasteiger partial charge in [-0.05, 0) is 31.1 Å². The molecule has 0 aliphatic carbocycles. The molecule has 112 valence electrons. The van der Waals surface area contributed by atoms with Crippen molar-refractivity contribution in [2.75, 3.05) is 13.2 Å². The minimum atomic E-state index is -1.26. The Kier molecular flexibility index (Phi) is 6.82. The van der Waals surface area contributed by atoms with Crippen LogP contribution in [0.15, 0.2) is 23.8 Å². The number of aliphatic carboxylic acids is 1. The lowest BCUT2D eigenvalue weighted by molar-refractivity contribution is -0.132. The summed E-state index contributed by atoms with van der Waals surface area (Å²) in [5.74, 6) is -0.0846. The number of carbonyl (C=O) groups is 1. The second-order valence-corrected chi connectivity index (χ2v) is 4.37. The molecule has 0 atom stereocenters. The van der Waals surface area contributed by atoms with Gasteiger partial charge in [-0.1, -0.05) is 13.8 Å². The number of benzene rings is 1. The van der Waals surface area contributed by atoms with Gasteiger partial charge in [0.05, 0.1) is 13.2 Å². The molecule has 0 heterocycles. The number of hydrogen-bond donors (Lipinski definition) is 1. The summed E-state index contributed by atoms with van der Waals surface area (Å²) in [6.07, 6.45) is 3.02. The van der Waals surface area contributed by atoms with Gasteiger partial charge in [0.2, 0.25) is 0 Å². The number of carboxylic acids is 1. The second-order valence-electron chi connectivity index (χ2n) is 4.37. The van der Waals surface area contributed by atoms with E-state index in [1.54, 1.807) is 24.3 Å². The Morgan fingerprint density at radius 1 is 1.29 bits per heavy atom. The van der Waals surface area contributed by atoms with Gasteiger partial charge in [-0.25, -0.2) is 4.79 Å². The van der Waals surface area contributed by atoms with Gasteiger partial charge in [0.25, 0.3) is 0 Å². The first-order valence-corrected chi connectivity index (χ1v) is 6.87. The highest BCUT2D eigenvalue weighted by molar-refractivity contribution is 5.96. The molecule has 5 heteroatoms. The smallest absolute Gasteiger partial charge is 0.346 e. The van der Waals surface area contributed by atoms with Gasteiger partial charge < -0.3 is 14.6 Å². The maximum atomic E-state index is 10.9. The highest BCUT2D eigenvalue weighted by atomic mass is 16.5. The van der Waals surface area contributed by atoms with E-state index in [0.717, 1.165) is 12.8 Å². The molecular formula is C16H19NO4. The number of nitrogens with zero attached hydrogens (tertiary/aromatic N) is 1. The number of rotatable bonds is 8. The van der Waals surface area contributed by atoms with Crippen molar-refractivity contribution in [1.82, 2.24) is 0 Å². The van der Waals surface area contributed by atoms with Gasteiger partial charge in [0.15, 0.2) is 0 Å². The zero-order chi connectivity index (χ0) is 15.7. The number of carboxylic acid groups (broad SMARTS) is 1. The monoisotopic (exact) mass is 289 g/mol. The molecule has 0 saturated heterocycles. The molecule has 0 aromatic heterocycles. The third-order valence-electron chi connectivity index (χ3n) is 2.57. The first-order valence-electron chi connectivity index (χ1n) is 6.87. The number of ether oxygens (including phenoxy) is 2. The van der Waals surface area contributed by atoms with Crippen LogP contribution in [-0.2, 0) is 4.79 Å². The Bertz CT molecular complexity index is 558. The topological polar surface area (TPSA) is 79.5 Å². The van der Waals surface area contributed by atoms with Crippen LogP contribution in [0.5, 0.6) is 11.5 Å². The molecular weight excluding hydrogens is 270 g/mol. The van der Waals surface area contributed by atoms with Crippen molar-refractivity contribution in [3.05, 3.63) is 29.3 Å². The third kappa shape index (κ3) is 5.19. The van der Waals surface area contributed by atoms with E-state index in [-0.39, 0.29) is 5.57 Å². The van der Waals surface area contributed by atoms with Crippen LogP contribution in [-0.4, -0.2) is 24.3 Å². The van der Waals surface area contributed by atoms with Crippen LogP contribution >= 0.6 is 0 Å². The molecule has 5 nitrogen and oxygen atoms in total. The average Bonchev–Trinajstić information content (AvgIpc) is 2.49. The fraction of sp³-hybridized carbons (Fsp3) is 0.375. The van der Waals surface area contributed by atoms with E-state index in [1.807, 2.05) is 13.8 Å². The van der Waals surface area contributed by atoms with E-state index in [2.05, 4.69) is 0 Å². The molecule has 1 aromatic carbocycles. The molecule has 0 bridgehead atoms. The van der Waals surface area contributed by atoms with Gasteiger partial charge in [0.1, 0.15) is 23.1 Å². The van der Waals surface area contributed by atoms with Crippen molar-refractivity contribution >= 4 is 12.0 Å². The summed E-state index contributed by atoms with van der Waals surface area (Å²) < 4.78 is 11.1. The first kappa shape index (κ1) is 16.6. The summed E-state index contributed by atoms with van der Waals surface area (Å²) in [4.78, 5) is 10.9. The van der Waals surface area contributed by atoms with E-state index in [1.165, 1.54) is 6.08 Å². The molecule has 1 rings (SSSR count). The standard InChI is InChI=1S/C16H19NO4/c1-3-7-20-14-6-5-12(9-13(11-17)16(18)19)15(10-14)21-8-4-2/h5-6,9-10H,3-4,7-8H2,1-2H3,(H,18,19)/b13-9+. The van der Waals surface area contributed by atoms with E-state index in [4.69, 9.17) is 19.8 Å². The van der Waals surface area contributed by atoms with Gasteiger partial charge in [0, 0.05) is 11.6 Å². The first-order chi connectivity index (χ1) is 10.1. The molecule has 0 radical (unpaired) electrons. The Morgan fingerprint density at radius 2 is 1.95 bits per heavy atom. The highest BCUT2D eigenvalue weighted by Gasteiger charge is 2.10. The average molecular weight is 289 g/mol. The van der Waals surface area contributed by atoms with Crippen LogP contribution in [0, 0.1) is 11.3 Å². The van der Waals surface area contributed by atoms with Crippen LogP contribution in [0.4, 0.5) is 0 Å². The van der Waals surface area contributed by atoms with Crippen molar-refractivity contribution < 1.29 is 19.4 Å². The summed E-state index contributed by atoms with van der Waals surface area (Å²) >= 11 is 0. The predicted octanol–water partition coefficient (Wildman–Crippen LogP) is 3.26. The summed E-state index contributed by atoms with van der Waals surface area (Å²) in [7, 11) is 0. The summed E-state index contributed by atoms with van der Waals surface area (Å²) in [5, 5.41) is 17.7. The lowest BCUT2D eigenvalue weighted by Gasteiger charge is -2.11. The lowest BCUT2D eigenvalue weighted by atomic mass is 10.1. The number of hydrogen-bond acceptors (Lipinski definition) is 4. The Balaban J connectivity index is 3.12. The van der Waals surface area contributed by atoms with Crippen molar-refractivity contribution in [3.8, 4) is 17.6 Å². The fourth-order valence-electron chi connectivity index (χ4n) is 1.58. The zero-order valence-electron chi connectivity index (χ0n) is 12.3.